The van der Waals surface area contributed by atoms with Crippen molar-refractivity contribution in [2.45, 2.75) is 17.9 Å². The van der Waals surface area contributed by atoms with Crippen LogP contribution < -0.4 is 0 Å². The van der Waals surface area contributed by atoms with Crippen LogP contribution in [0.1, 0.15) is 25.0 Å². The molecule has 0 aliphatic heterocycles. The summed E-state index contributed by atoms with van der Waals surface area (Å²) in [5.41, 5.74) is 6.25. The maximum absolute atomic E-state index is 4.96. The second-order valence-corrected chi connectivity index (χ2v) is 6.64. The molecule has 0 bridgehead atoms. The molecule has 1 aliphatic rings. The van der Waals surface area contributed by atoms with E-state index in [2.05, 4.69) is 57.0 Å². The lowest BCUT2D eigenvalue weighted by atomic mass is 10.1. The molecule has 0 spiro atoms. The van der Waals surface area contributed by atoms with Gasteiger partial charge < -0.3 is 0 Å². The molecule has 0 amide bonds. The Hall–Kier alpha value is -0.860. The van der Waals surface area contributed by atoms with E-state index >= 15 is 0 Å². The highest BCUT2D eigenvalue weighted by atomic mass is 32.2. The SMILES string of the molecule is C=CC1=C(C=C(C)C)C(S)(SC)c2ccccc21. The Morgan fingerprint density at radius 2 is 2.00 bits per heavy atom. The first-order valence-electron chi connectivity index (χ1n) is 5.94. The number of allylic oxidation sites excluding steroid dienone is 4. The zero-order chi connectivity index (χ0) is 13.3. The van der Waals surface area contributed by atoms with Crippen molar-refractivity contribution < 1.29 is 0 Å². The van der Waals surface area contributed by atoms with Crippen LogP contribution in [0.5, 0.6) is 0 Å². The summed E-state index contributed by atoms with van der Waals surface area (Å²) < 4.78 is -0.266. The number of rotatable bonds is 3. The van der Waals surface area contributed by atoms with E-state index in [9.17, 15) is 0 Å². The van der Waals surface area contributed by atoms with Gasteiger partial charge in [0.2, 0.25) is 0 Å². The van der Waals surface area contributed by atoms with Crippen LogP contribution in [0.4, 0.5) is 0 Å². The van der Waals surface area contributed by atoms with Gasteiger partial charge in [-0.2, -0.15) is 12.6 Å². The van der Waals surface area contributed by atoms with Gasteiger partial charge in [0, 0.05) is 0 Å². The van der Waals surface area contributed by atoms with E-state index in [4.69, 9.17) is 12.6 Å². The summed E-state index contributed by atoms with van der Waals surface area (Å²) in [5.74, 6) is 0. The lowest BCUT2D eigenvalue weighted by molar-refractivity contribution is 1.12. The molecule has 1 unspecified atom stereocenters. The van der Waals surface area contributed by atoms with Gasteiger partial charge in [0.15, 0.2) is 0 Å². The van der Waals surface area contributed by atoms with E-state index in [1.807, 2.05) is 6.08 Å². The van der Waals surface area contributed by atoms with Crippen molar-refractivity contribution >= 4 is 30.0 Å². The van der Waals surface area contributed by atoms with E-state index in [-0.39, 0.29) is 4.08 Å². The molecule has 0 fully saturated rings. The molecule has 0 heterocycles. The first-order valence-corrected chi connectivity index (χ1v) is 7.61. The van der Waals surface area contributed by atoms with Crippen molar-refractivity contribution in [2.75, 3.05) is 6.26 Å². The highest BCUT2D eigenvalue weighted by Gasteiger charge is 2.39. The fourth-order valence-electron chi connectivity index (χ4n) is 2.39. The first-order chi connectivity index (χ1) is 8.54. The van der Waals surface area contributed by atoms with Crippen LogP contribution in [0.2, 0.25) is 0 Å². The number of thiol groups is 1. The molecule has 0 radical (unpaired) electrons. The van der Waals surface area contributed by atoms with Crippen LogP contribution in [0, 0.1) is 0 Å². The Morgan fingerprint density at radius 3 is 2.56 bits per heavy atom. The summed E-state index contributed by atoms with van der Waals surface area (Å²) in [6.07, 6.45) is 6.27. The average Bonchev–Trinajstić information content (AvgIpc) is 2.60. The molecule has 0 saturated carbocycles. The van der Waals surface area contributed by atoms with Crippen molar-refractivity contribution in [1.29, 1.82) is 0 Å². The largest absolute Gasteiger partial charge is 0.152 e. The number of benzene rings is 1. The second-order valence-electron chi connectivity index (χ2n) is 4.65. The van der Waals surface area contributed by atoms with Crippen molar-refractivity contribution in [2.24, 2.45) is 0 Å². The third kappa shape index (κ3) is 1.98. The van der Waals surface area contributed by atoms with Crippen molar-refractivity contribution in [3.8, 4) is 0 Å². The Kier molecular flexibility index (Phi) is 3.79. The molecular weight excluding hydrogens is 256 g/mol. The highest BCUT2D eigenvalue weighted by Crippen LogP contribution is 2.55. The highest BCUT2D eigenvalue weighted by molar-refractivity contribution is 8.10. The van der Waals surface area contributed by atoms with Gasteiger partial charge in [-0.1, -0.05) is 48.6 Å². The van der Waals surface area contributed by atoms with E-state index in [0.717, 1.165) is 0 Å². The van der Waals surface area contributed by atoms with Gasteiger partial charge in [0.05, 0.1) is 0 Å². The second kappa shape index (κ2) is 5.02. The monoisotopic (exact) mass is 274 g/mol. The summed E-state index contributed by atoms with van der Waals surface area (Å²) in [7, 11) is 0. The Balaban J connectivity index is 2.76. The number of hydrogen-bond donors (Lipinski definition) is 1. The zero-order valence-corrected chi connectivity index (χ0v) is 12.7. The molecule has 0 N–H and O–H groups in total. The topological polar surface area (TPSA) is 0 Å². The van der Waals surface area contributed by atoms with Gasteiger partial charge in [0.25, 0.3) is 0 Å². The third-order valence-electron chi connectivity index (χ3n) is 3.17. The van der Waals surface area contributed by atoms with Crippen LogP contribution in [0.15, 0.2) is 54.1 Å². The zero-order valence-electron chi connectivity index (χ0n) is 11.0. The minimum atomic E-state index is -0.266. The summed E-state index contributed by atoms with van der Waals surface area (Å²) in [4.78, 5) is 0. The summed E-state index contributed by atoms with van der Waals surface area (Å²) >= 11 is 6.72. The lowest BCUT2D eigenvalue weighted by Gasteiger charge is -2.25. The first kappa shape index (κ1) is 13.6. The Bertz CT molecular complexity index is 548. The molecule has 1 atom stereocenters. The van der Waals surface area contributed by atoms with Gasteiger partial charge in [0.1, 0.15) is 4.08 Å². The summed E-state index contributed by atoms with van der Waals surface area (Å²) in [6, 6.07) is 8.46. The Morgan fingerprint density at radius 1 is 1.33 bits per heavy atom. The van der Waals surface area contributed by atoms with Gasteiger partial charge in [-0.15, -0.1) is 11.8 Å². The van der Waals surface area contributed by atoms with Crippen molar-refractivity contribution in [3.05, 3.63) is 65.3 Å². The molecule has 1 aromatic rings. The van der Waals surface area contributed by atoms with Crippen LogP contribution in [0.25, 0.3) is 5.57 Å². The number of thioether (sulfide) groups is 1. The lowest BCUT2D eigenvalue weighted by Crippen LogP contribution is -2.13. The fraction of sp³-hybridized carbons (Fsp3) is 0.250. The van der Waals surface area contributed by atoms with E-state index in [1.54, 1.807) is 11.8 Å². The minimum Gasteiger partial charge on any atom is -0.152 e. The van der Waals surface area contributed by atoms with E-state index in [0.29, 0.717) is 0 Å². The van der Waals surface area contributed by atoms with Crippen LogP contribution in [-0.2, 0) is 4.08 Å². The molecule has 2 heteroatoms. The molecular formula is C16H18S2. The van der Waals surface area contributed by atoms with Crippen molar-refractivity contribution in [1.82, 2.24) is 0 Å². The van der Waals surface area contributed by atoms with E-state index in [1.165, 1.54) is 27.8 Å². The minimum absolute atomic E-state index is 0.266. The number of hydrogen-bond acceptors (Lipinski definition) is 2. The molecule has 0 aromatic heterocycles. The van der Waals surface area contributed by atoms with Gasteiger partial charge >= 0.3 is 0 Å². The Labute approximate surface area is 119 Å². The van der Waals surface area contributed by atoms with Gasteiger partial charge in [-0.05, 0) is 42.4 Å². The molecule has 1 aliphatic carbocycles. The molecule has 94 valence electrons. The molecule has 0 nitrogen and oxygen atoms in total. The third-order valence-corrected chi connectivity index (χ3v) is 5.23. The fourth-order valence-corrected chi connectivity index (χ4v) is 3.56. The summed E-state index contributed by atoms with van der Waals surface area (Å²) in [5, 5.41) is 0. The van der Waals surface area contributed by atoms with Gasteiger partial charge in [-0.25, -0.2) is 0 Å². The van der Waals surface area contributed by atoms with Crippen LogP contribution in [0.3, 0.4) is 0 Å². The normalized spacial score (nSPS) is 21.8. The van der Waals surface area contributed by atoms with Crippen LogP contribution >= 0.6 is 24.4 Å². The summed E-state index contributed by atoms with van der Waals surface area (Å²) in [6.45, 7) is 8.20. The molecule has 1 aromatic carbocycles. The average molecular weight is 274 g/mol. The maximum atomic E-state index is 4.96. The molecule has 2 rings (SSSR count). The predicted molar refractivity (Wildman–Crippen MR) is 87.2 cm³/mol. The standard InChI is InChI=1S/C16H18S2/c1-5-12-13-8-6-7-9-14(13)16(17,18-4)15(12)10-11(2)3/h5-10,17H,1H2,2-4H3. The van der Waals surface area contributed by atoms with Gasteiger partial charge in [-0.3, -0.25) is 0 Å². The molecule has 18 heavy (non-hydrogen) atoms. The maximum Gasteiger partial charge on any atom is 0.109 e. The smallest absolute Gasteiger partial charge is 0.109 e. The number of fused-ring (bicyclic) bond motifs is 1. The predicted octanol–water partition coefficient (Wildman–Crippen LogP) is 5.05. The van der Waals surface area contributed by atoms with E-state index < -0.39 is 0 Å². The quantitative estimate of drug-likeness (QED) is 0.594. The van der Waals surface area contributed by atoms with Crippen LogP contribution in [-0.4, -0.2) is 6.26 Å². The van der Waals surface area contributed by atoms with Crippen molar-refractivity contribution in [3.63, 3.8) is 0 Å². The molecule has 0 saturated heterocycles.